The van der Waals surface area contributed by atoms with Crippen molar-refractivity contribution in [3.8, 4) is 0 Å². The van der Waals surface area contributed by atoms with Gasteiger partial charge in [0.2, 0.25) is 9.05 Å². The summed E-state index contributed by atoms with van der Waals surface area (Å²) in [7, 11) is 1.74. The molecule has 0 N–H and O–H groups in total. The molecule has 0 unspecified atom stereocenters. The maximum atomic E-state index is 11.1. The highest BCUT2D eigenvalue weighted by atomic mass is 35.7. The number of hydrogen-bond donors (Lipinski definition) is 0. The number of rotatable bonds is 3. The molecule has 0 bridgehead atoms. The van der Waals surface area contributed by atoms with Gasteiger partial charge in [0.15, 0.2) is 0 Å². The fraction of sp³-hybridized carbons (Fsp3) is 0.600. The topological polar surface area (TPSA) is 34.1 Å². The van der Waals surface area contributed by atoms with E-state index in [1.165, 1.54) is 12.8 Å². The molecule has 112 valence electrons. The molecule has 1 aliphatic carbocycles. The first-order valence-electron chi connectivity index (χ1n) is 6.87. The van der Waals surface area contributed by atoms with Crippen LogP contribution in [0.3, 0.4) is 0 Å². The summed E-state index contributed by atoms with van der Waals surface area (Å²) in [5.41, 5.74) is 2.21. The van der Waals surface area contributed by atoms with Gasteiger partial charge >= 0.3 is 0 Å². The van der Waals surface area contributed by atoms with E-state index in [1.807, 2.05) is 12.1 Å². The molecular formula is C15H20Cl2O2S. The quantitative estimate of drug-likeness (QED) is 0.721. The summed E-state index contributed by atoms with van der Waals surface area (Å²) in [6, 6.07) is 5.51. The average molecular weight is 335 g/mol. The molecule has 1 aromatic carbocycles. The molecule has 1 saturated carbocycles. The second-order valence-corrected chi connectivity index (χ2v) is 9.66. The normalized spacial score (nSPS) is 20.0. The minimum atomic E-state index is -3.53. The van der Waals surface area contributed by atoms with Crippen molar-refractivity contribution in [1.82, 2.24) is 0 Å². The first-order valence-corrected chi connectivity index (χ1v) is 9.73. The van der Waals surface area contributed by atoms with Crippen LogP contribution in [0.2, 0.25) is 5.02 Å². The number of hydrogen-bond acceptors (Lipinski definition) is 2. The molecule has 2 rings (SSSR count). The van der Waals surface area contributed by atoms with Gasteiger partial charge in [0, 0.05) is 15.7 Å². The van der Waals surface area contributed by atoms with Gasteiger partial charge in [-0.25, -0.2) is 8.42 Å². The van der Waals surface area contributed by atoms with Crippen molar-refractivity contribution in [3.05, 3.63) is 34.3 Å². The van der Waals surface area contributed by atoms with E-state index in [0.717, 1.165) is 18.4 Å². The molecule has 1 aliphatic rings. The summed E-state index contributed by atoms with van der Waals surface area (Å²) < 4.78 is 22.2. The molecule has 0 radical (unpaired) electrons. The molecule has 1 aromatic rings. The van der Waals surface area contributed by atoms with E-state index in [4.69, 9.17) is 22.3 Å². The molecular weight excluding hydrogens is 315 g/mol. The number of benzene rings is 1. The fourth-order valence-corrected chi connectivity index (χ4v) is 4.21. The highest BCUT2D eigenvalue weighted by molar-refractivity contribution is 8.13. The fourth-order valence-electron chi connectivity index (χ4n) is 2.90. The van der Waals surface area contributed by atoms with E-state index < -0.39 is 9.05 Å². The predicted octanol–water partition coefficient (Wildman–Crippen LogP) is 5.09. The zero-order chi connectivity index (χ0) is 15.0. The van der Waals surface area contributed by atoms with Gasteiger partial charge in [-0.2, -0.15) is 0 Å². The van der Waals surface area contributed by atoms with Crippen molar-refractivity contribution < 1.29 is 8.42 Å². The summed E-state index contributed by atoms with van der Waals surface area (Å²) in [5.74, 6) is 0.309. The van der Waals surface area contributed by atoms with E-state index in [2.05, 4.69) is 13.8 Å². The Hall–Kier alpha value is -0.250. The molecule has 2 nitrogen and oxygen atoms in total. The first-order chi connectivity index (χ1) is 9.16. The smallest absolute Gasteiger partial charge is 0.212 e. The molecule has 0 saturated heterocycles. The van der Waals surface area contributed by atoms with Crippen molar-refractivity contribution in [1.29, 1.82) is 0 Å². The Kier molecular flexibility index (Phi) is 4.73. The molecule has 5 heteroatoms. The highest BCUT2D eigenvalue weighted by Gasteiger charge is 2.28. The Morgan fingerprint density at radius 3 is 2.35 bits per heavy atom. The summed E-state index contributed by atoms with van der Waals surface area (Å²) in [6.45, 7) is 4.61. The SMILES string of the molecule is CC1(C)CCC(c2ccc(CS(=O)(=O)Cl)cc2Cl)CC1. The highest BCUT2D eigenvalue weighted by Crippen LogP contribution is 2.44. The Morgan fingerprint density at radius 1 is 1.25 bits per heavy atom. The molecule has 1 fully saturated rings. The van der Waals surface area contributed by atoms with Crippen molar-refractivity contribution in [2.24, 2.45) is 5.41 Å². The van der Waals surface area contributed by atoms with Gasteiger partial charge in [0.25, 0.3) is 0 Å². The summed E-state index contributed by atoms with van der Waals surface area (Å²) in [4.78, 5) is 0. The third-order valence-corrected chi connectivity index (χ3v) is 5.52. The second-order valence-electron chi connectivity index (χ2n) is 6.48. The summed E-state index contributed by atoms with van der Waals surface area (Å²) >= 11 is 6.32. The molecule has 0 amide bonds. The maximum Gasteiger partial charge on any atom is 0.236 e. The molecule has 0 aromatic heterocycles. The van der Waals surface area contributed by atoms with Crippen LogP contribution in [0.4, 0.5) is 0 Å². The van der Waals surface area contributed by atoms with Gasteiger partial charge in [0.05, 0.1) is 5.75 Å². The zero-order valence-corrected chi connectivity index (χ0v) is 14.2. The van der Waals surface area contributed by atoms with E-state index >= 15 is 0 Å². The molecule has 0 heterocycles. The van der Waals surface area contributed by atoms with Crippen molar-refractivity contribution in [2.75, 3.05) is 0 Å². The van der Waals surface area contributed by atoms with Gasteiger partial charge in [-0.1, -0.05) is 37.6 Å². The molecule has 20 heavy (non-hydrogen) atoms. The third kappa shape index (κ3) is 4.37. The van der Waals surface area contributed by atoms with Gasteiger partial charge in [-0.15, -0.1) is 0 Å². The summed E-state index contributed by atoms with van der Waals surface area (Å²) in [5, 5.41) is 0.660. The Morgan fingerprint density at radius 2 is 1.85 bits per heavy atom. The van der Waals surface area contributed by atoms with Crippen LogP contribution in [0.1, 0.15) is 56.6 Å². The van der Waals surface area contributed by atoms with E-state index in [0.29, 0.717) is 21.9 Å². The lowest BCUT2D eigenvalue weighted by Crippen LogP contribution is -2.20. The molecule has 0 atom stereocenters. The Bertz CT molecular complexity index is 584. The first kappa shape index (κ1) is 16.1. The Balaban J connectivity index is 2.14. The van der Waals surface area contributed by atoms with Crippen LogP contribution in [0.25, 0.3) is 0 Å². The largest absolute Gasteiger partial charge is 0.236 e. The van der Waals surface area contributed by atoms with E-state index in [1.54, 1.807) is 6.07 Å². The second kappa shape index (κ2) is 5.86. The number of halogens is 2. The van der Waals surface area contributed by atoms with Crippen LogP contribution in [0.5, 0.6) is 0 Å². The van der Waals surface area contributed by atoms with Crippen LogP contribution in [0, 0.1) is 5.41 Å². The van der Waals surface area contributed by atoms with Crippen LogP contribution in [0.15, 0.2) is 18.2 Å². The standard InChI is InChI=1S/C15H20Cl2O2S/c1-15(2)7-5-12(6-8-15)13-4-3-11(9-14(13)16)10-20(17,18)19/h3-4,9,12H,5-8,10H2,1-2H3. The lowest BCUT2D eigenvalue weighted by molar-refractivity contribution is 0.224. The monoisotopic (exact) mass is 334 g/mol. The Labute approximate surface area is 130 Å². The molecule has 0 spiro atoms. The van der Waals surface area contributed by atoms with Crippen LogP contribution >= 0.6 is 22.3 Å². The van der Waals surface area contributed by atoms with Crippen molar-refractivity contribution in [2.45, 2.75) is 51.2 Å². The van der Waals surface area contributed by atoms with Crippen molar-refractivity contribution in [3.63, 3.8) is 0 Å². The van der Waals surface area contributed by atoms with Gasteiger partial charge in [-0.05, 0) is 54.2 Å². The van der Waals surface area contributed by atoms with Crippen LogP contribution in [-0.4, -0.2) is 8.42 Å². The van der Waals surface area contributed by atoms with Gasteiger partial charge in [0.1, 0.15) is 0 Å². The van der Waals surface area contributed by atoms with Gasteiger partial charge < -0.3 is 0 Å². The van der Waals surface area contributed by atoms with Crippen LogP contribution < -0.4 is 0 Å². The van der Waals surface area contributed by atoms with Gasteiger partial charge in [-0.3, -0.25) is 0 Å². The molecule has 0 aliphatic heterocycles. The summed E-state index contributed by atoms with van der Waals surface area (Å²) in [6.07, 6.45) is 4.68. The van der Waals surface area contributed by atoms with E-state index in [9.17, 15) is 8.42 Å². The maximum absolute atomic E-state index is 11.1. The minimum Gasteiger partial charge on any atom is -0.212 e. The zero-order valence-electron chi connectivity index (χ0n) is 11.8. The lowest BCUT2D eigenvalue weighted by Gasteiger charge is -2.34. The average Bonchev–Trinajstić information content (AvgIpc) is 2.28. The van der Waals surface area contributed by atoms with Crippen LogP contribution in [-0.2, 0) is 14.8 Å². The van der Waals surface area contributed by atoms with E-state index in [-0.39, 0.29) is 5.75 Å². The van der Waals surface area contributed by atoms with Crippen molar-refractivity contribution >= 4 is 31.3 Å². The predicted molar refractivity (Wildman–Crippen MR) is 84.9 cm³/mol. The minimum absolute atomic E-state index is 0.174. The third-order valence-electron chi connectivity index (χ3n) is 4.18. The lowest BCUT2D eigenvalue weighted by atomic mass is 9.71.